The molecule has 0 bridgehead atoms. The lowest BCUT2D eigenvalue weighted by atomic mass is 9.94. The standard InChI is InChI=1S/C17H18N2O2/c1-17(16(20)21-2,11-15-9-6-10-18-12-15)19-13-14-7-4-3-5-8-14/h3-10,12-13H,11H2,1-2H3. The van der Waals surface area contributed by atoms with Gasteiger partial charge in [-0.3, -0.25) is 9.98 Å². The fourth-order valence-electron chi connectivity index (χ4n) is 2.05. The molecule has 0 saturated heterocycles. The number of rotatable bonds is 5. The van der Waals surface area contributed by atoms with Crippen molar-refractivity contribution in [2.24, 2.45) is 4.99 Å². The van der Waals surface area contributed by atoms with E-state index in [2.05, 4.69) is 9.98 Å². The largest absolute Gasteiger partial charge is 0.467 e. The molecule has 0 fully saturated rings. The van der Waals surface area contributed by atoms with Crippen LogP contribution >= 0.6 is 0 Å². The summed E-state index contributed by atoms with van der Waals surface area (Å²) in [7, 11) is 1.38. The van der Waals surface area contributed by atoms with E-state index in [0.29, 0.717) is 6.42 Å². The van der Waals surface area contributed by atoms with Crippen LogP contribution in [0.5, 0.6) is 0 Å². The van der Waals surface area contributed by atoms with E-state index in [1.54, 1.807) is 25.5 Å². The number of methoxy groups -OCH3 is 1. The van der Waals surface area contributed by atoms with Crippen molar-refractivity contribution in [1.29, 1.82) is 0 Å². The smallest absolute Gasteiger partial charge is 0.333 e. The lowest BCUT2D eigenvalue weighted by Crippen LogP contribution is -2.37. The minimum Gasteiger partial charge on any atom is -0.467 e. The lowest BCUT2D eigenvalue weighted by Gasteiger charge is -2.22. The monoisotopic (exact) mass is 282 g/mol. The summed E-state index contributed by atoms with van der Waals surface area (Å²) >= 11 is 0. The maximum absolute atomic E-state index is 12.1. The number of aromatic nitrogens is 1. The first-order valence-electron chi connectivity index (χ1n) is 6.72. The van der Waals surface area contributed by atoms with Crippen LogP contribution in [0.4, 0.5) is 0 Å². The van der Waals surface area contributed by atoms with Crippen LogP contribution < -0.4 is 0 Å². The first-order valence-corrected chi connectivity index (χ1v) is 6.72. The number of ether oxygens (including phenoxy) is 1. The fourth-order valence-corrected chi connectivity index (χ4v) is 2.05. The SMILES string of the molecule is COC(=O)C(C)(Cc1cccnc1)N=Cc1ccccc1. The van der Waals surface area contributed by atoms with Gasteiger partial charge in [-0.1, -0.05) is 36.4 Å². The van der Waals surface area contributed by atoms with Crippen molar-refractivity contribution in [2.45, 2.75) is 18.9 Å². The predicted molar refractivity (Wildman–Crippen MR) is 82.4 cm³/mol. The van der Waals surface area contributed by atoms with Crippen LogP contribution in [0, 0.1) is 0 Å². The number of aliphatic imine (C=N–C) groups is 1. The van der Waals surface area contributed by atoms with Crippen LogP contribution in [0.15, 0.2) is 59.9 Å². The summed E-state index contributed by atoms with van der Waals surface area (Å²) < 4.78 is 4.90. The van der Waals surface area contributed by atoms with Crippen molar-refractivity contribution in [3.8, 4) is 0 Å². The van der Waals surface area contributed by atoms with Gasteiger partial charge in [0.2, 0.25) is 0 Å². The van der Waals surface area contributed by atoms with Gasteiger partial charge in [0.15, 0.2) is 5.54 Å². The van der Waals surface area contributed by atoms with Crippen LogP contribution in [-0.2, 0) is 16.0 Å². The molecule has 0 radical (unpaired) electrons. The van der Waals surface area contributed by atoms with Crippen molar-refractivity contribution in [1.82, 2.24) is 4.98 Å². The van der Waals surface area contributed by atoms with Crippen molar-refractivity contribution in [2.75, 3.05) is 7.11 Å². The van der Waals surface area contributed by atoms with Gasteiger partial charge in [0.1, 0.15) is 0 Å². The topological polar surface area (TPSA) is 51.5 Å². The normalized spacial score (nSPS) is 13.8. The molecule has 1 aromatic heterocycles. The molecule has 4 nitrogen and oxygen atoms in total. The molecule has 0 saturated carbocycles. The van der Waals surface area contributed by atoms with Gasteiger partial charge in [0, 0.05) is 25.0 Å². The molecule has 2 rings (SSSR count). The van der Waals surface area contributed by atoms with Crippen LogP contribution in [0.1, 0.15) is 18.1 Å². The molecule has 0 amide bonds. The van der Waals surface area contributed by atoms with E-state index in [4.69, 9.17) is 4.74 Å². The molecule has 0 aliphatic heterocycles. The summed E-state index contributed by atoms with van der Waals surface area (Å²) in [5, 5.41) is 0. The third-order valence-corrected chi connectivity index (χ3v) is 3.19. The van der Waals surface area contributed by atoms with Crippen molar-refractivity contribution in [3.63, 3.8) is 0 Å². The molecule has 108 valence electrons. The maximum atomic E-state index is 12.1. The molecule has 0 aliphatic carbocycles. The highest BCUT2D eigenvalue weighted by Gasteiger charge is 2.33. The molecule has 1 atom stereocenters. The number of esters is 1. The zero-order valence-corrected chi connectivity index (χ0v) is 12.2. The number of pyridine rings is 1. The Kier molecular flexibility index (Phi) is 4.82. The molecule has 0 aliphatic rings. The van der Waals surface area contributed by atoms with Gasteiger partial charge in [0.05, 0.1) is 7.11 Å². The lowest BCUT2D eigenvalue weighted by molar-refractivity contribution is -0.146. The van der Waals surface area contributed by atoms with Crippen molar-refractivity contribution in [3.05, 3.63) is 66.0 Å². The van der Waals surface area contributed by atoms with Crippen LogP contribution in [0.25, 0.3) is 0 Å². The second-order valence-electron chi connectivity index (χ2n) is 4.97. The van der Waals surface area contributed by atoms with Crippen LogP contribution in [0.3, 0.4) is 0 Å². The Morgan fingerprint density at radius 3 is 2.67 bits per heavy atom. The predicted octanol–water partition coefficient (Wildman–Crippen LogP) is 2.67. The van der Waals surface area contributed by atoms with Gasteiger partial charge < -0.3 is 4.74 Å². The molecule has 1 unspecified atom stereocenters. The molecule has 4 heteroatoms. The number of carbonyl (C=O) groups excluding carboxylic acids is 1. The highest BCUT2D eigenvalue weighted by Crippen LogP contribution is 2.19. The number of hydrogen-bond donors (Lipinski definition) is 0. The van der Waals surface area contributed by atoms with Gasteiger partial charge in [-0.25, -0.2) is 4.79 Å². The zero-order chi connectivity index (χ0) is 15.1. The summed E-state index contributed by atoms with van der Waals surface area (Å²) in [6.07, 6.45) is 5.58. The van der Waals surface area contributed by atoms with Crippen molar-refractivity contribution < 1.29 is 9.53 Å². The Morgan fingerprint density at radius 2 is 2.05 bits per heavy atom. The van der Waals surface area contributed by atoms with Crippen molar-refractivity contribution >= 4 is 12.2 Å². The molecule has 2 aromatic rings. The zero-order valence-electron chi connectivity index (χ0n) is 12.2. The number of hydrogen-bond acceptors (Lipinski definition) is 4. The Hall–Kier alpha value is -2.49. The average Bonchev–Trinajstić information content (AvgIpc) is 2.54. The molecular weight excluding hydrogens is 264 g/mol. The fraction of sp³-hybridized carbons (Fsp3) is 0.235. The van der Waals surface area contributed by atoms with Crippen LogP contribution in [-0.4, -0.2) is 29.8 Å². The summed E-state index contributed by atoms with van der Waals surface area (Å²) in [6.45, 7) is 1.77. The van der Waals surface area contributed by atoms with Gasteiger partial charge in [-0.2, -0.15) is 0 Å². The summed E-state index contributed by atoms with van der Waals surface area (Å²) in [5.41, 5.74) is 0.919. The first kappa shape index (κ1) is 14.9. The third kappa shape index (κ3) is 3.99. The highest BCUT2D eigenvalue weighted by atomic mass is 16.5. The number of benzene rings is 1. The quantitative estimate of drug-likeness (QED) is 0.626. The summed E-state index contributed by atoms with van der Waals surface area (Å²) in [6, 6.07) is 13.4. The Bertz CT molecular complexity index is 611. The van der Waals surface area contributed by atoms with E-state index >= 15 is 0 Å². The van der Waals surface area contributed by atoms with E-state index in [0.717, 1.165) is 11.1 Å². The Labute approximate surface area is 124 Å². The van der Waals surface area contributed by atoms with E-state index in [9.17, 15) is 4.79 Å². The second-order valence-corrected chi connectivity index (χ2v) is 4.97. The van der Waals surface area contributed by atoms with Gasteiger partial charge >= 0.3 is 5.97 Å². The summed E-state index contributed by atoms with van der Waals surface area (Å²) in [5.74, 6) is -0.362. The Morgan fingerprint density at radius 1 is 1.29 bits per heavy atom. The van der Waals surface area contributed by atoms with E-state index in [-0.39, 0.29) is 5.97 Å². The minimum absolute atomic E-state index is 0.362. The minimum atomic E-state index is -0.965. The molecule has 21 heavy (non-hydrogen) atoms. The van der Waals surface area contributed by atoms with E-state index in [1.807, 2.05) is 42.5 Å². The molecule has 0 N–H and O–H groups in total. The summed E-state index contributed by atoms with van der Waals surface area (Å²) in [4.78, 5) is 20.6. The van der Waals surface area contributed by atoms with Crippen LogP contribution in [0.2, 0.25) is 0 Å². The second kappa shape index (κ2) is 6.79. The van der Waals surface area contributed by atoms with Gasteiger partial charge in [-0.15, -0.1) is 0 Å². The molecule has 1 aromatic carbocycles. The van der Waals surface area contributed by atoms with Gasteiger partial charge in [-0.05, 0) is 24.1 Å². The van der Waals surface area contributed by atoms with E-state index in [1.165, 1.54) is 7.11 Å². The molecular formula is C17H18N2O2. The van der Waals surface area contributed by atoms with Gasteiger partial charge in [0.25, 0.3) is 0 Å². The number of nitrogens with zero attached hydrogens (tertiary/aromatic N) is 2. The average molecular weight is 282 g/mol. The third-order valence-electron chi connectivity index (χ3n) is 3.19. The molecule has 0 spiro atoms. The maximum Gasteiger partial charge on any atom is 0.333 e. The molecule has 1 heterocycles. The Balaban J connectivity index is 2.25. The number of carbonyl (C=O) groups is 1. The highest BCUT2D eigenvalue weighted by molar-refractivity contribution is 5.86. The first-order chi connectivity index (χ1) is 10.1. The van der Waals surface area contributed by atoms with E-state index < -0.39 is 5.54 Å².